The first-order chi connectivity index (χ1) is 7.27. The molecule has 0 aromatic heterocycles. The van der Waals surface area contributed by atoms with Crippen molar-refractivity contribution in [1.29, 1.82) is 0 Å². The maximum absolute atomic E-state index is 11.4. The first-order valence-corrected chi connectivity index (χ1v) is 6.09. The monoisotopic (exact) mass is 213 g/mol. The molecule has 1 aliphatic carbocycles. The van der Waals surface area contributed by atoms with Crippen molar-refractivity contribution < 1.29 is 9.53 Å². The van der Waals surface area contributed by atoms with Gasteiger partial charge in [-0.1, -0.05) is 26.2 Å². The van der Waals surface area contributed by atoms with Gasteiger partial charge in [-0.15, -0.1) is 0 Å². The molecule has 1 atom stereocenters. The van der Waals surface area contributed by atoms with Gasteiger partial charge in [0.2, 0.25) is 0 Å². The SMILES string of the molecule is CCC(CNC1CCCCC1)C(=O)OC. The number of esters is 1. The second-order valence-corrected chi connectivity index (χ2v) is 4.37. The van der Waals surface area contributed by atoms with E-state index in [0.29, 0.717) is 6.04 Å². The van der Waals surface area contributed by atoms with Gasteiger partial charge in [-0.3, -0.25) is 4.79 Å². The zero-order valence-corrected chi connectivity index (χ0v) is 9.92. The van der Waals surface area contributed by atoms with Crippen molar-refractivity contribution in [2.24, 2.45) is 5.92 Å². The van der Waals surface area contributed by atoms with Crippen LogP contribution in [0.15, 0.2) is 0 Å². The second-order valence-electron chi connectivity index (χ2n) is 4.37. The van der Waals surface area contributed by atoms with Crippen LogP contribution in [-0.4, -0.2) is 25.7 Å². The molecule has 0 bridgehead atoms. The predicted molar refractivity (Wildman–Crippen MR) is 60.7 cm³/mol. The van der Waals surface area contributed by atoms with Gasteiger partial charge >= 0.3 is 5.97 Å². The standard InChI is InChI=1S/C12H23NO2/c1-3-10(12(14)15-2)9-13-11-7-5-4-6-8-11/h10-11,13H,3-9H2,1-2H3. The van der Waals surface area contributed by atoms with Gasteiger partial charge in [-0.05, 0) is 19.3 Å². The van der Waals surface area contributed by atoms with Crippen molar-refractivity contribution in [3.8, 4) is 0 Å². The highest BCUT2D eigenvalue weighted by molar-refractivity contribution is 5.72. The lowest BCUT2D eigenvalue weighted by Gasteiger charge is -2.24. The van der Waals surface area contributed by atoms with Gasteiger partial charge in [0.05, 0.1) is 13.0 Å². The van der Waals surface area contributed by atoms with Gasteiger partial charge in [0.15, 0.2) is 0 Å². The van der Waals surface area contributed by atoms with E-state index in [1.54, 1.807) is 0 Å². The summed E-state index contributed by atoms with van der Waals surface area (Å²) in [6, 6.07) is 0.623. The lowest BCUT2D eigenvalue weighted by Crippen LogP contribution is -2.37. The Morgan fingerprint density at radius 2 is 2.07 bits per heavy atom. The van der Waals surface area contributed by atoms with Crippen molar-refractivity contribution in [3.05, 3.63) is 0 Å². The summed E-state index contributed by atoms with van der Waals surface area (Å²) >= 11 is 0. The van der Waals surface area contributed by atoms with Crippen LogP contribution in [0.1, 0.15) is 45.4 Å². The van der Waals surface area contributed by atoms with Crippen molar-refractivity contribution in [1.82, 2.24) is 5.32 Å². The molecule has 15 heavy (non-hydrogen) atoms. The van der Waals surface area contributed by atoms with E-state index in [9.17, 15) is 4.79 Å². The largest absolute Gasteiger partial charge is 0.469 e. The quantitative estimate of drug-likeness (QED) is 0.711. The first-order valence-electron chi connectivity index (χ1n) is 6.09. The minimum Gasteiger partial charge on any atom is -0.469 e. The zero-order valence-electron chi connectivity index (χ0n) is 9.92. The number of hydrogen-bond donors (Lipinski definition) is 1. The molecule has 88 valence electrons. The van der Waals surface area contributed by atoms with Crippen LogP contribution < -0.4 is 5.32 Å². The molecule has 1 rings (SSSR count). The Kier molecular flexibility index (Phi) is 5.69. The fraction of sp³-hybridized carbons (Fsp3) is 0.917. The van der Waals surface area contributed by atoms with E-state index in [1.165, 1.54) is 39.2 Å². The Hall–Kier alpha value is -0.570. The Balaban J connectivity index is 2.23. The molecule has 1 fully saturated rings. The molecule has 0 saturated heterocycles. The Morgan fingerprint density at radius 3 is 2.60 bits per heavy atom. The number of hydrogen-bond acceptors (Lipinski definition) is 3. The van der Waals surface area contributed by atoms with E-state index >= 15 is 0 Å². The highest BCUT2D eigenvalue weighted by Crippen LogP contribution is 2.17. The van der Waals surface area contributed by atoms with Crippen LogP contribution in [0.5, 0.6) is 0 Å². The van der Waals surface area contributed by atoms with Crippen LogP contribution in [0.3, 0.4) is 0 Å². The molecule has 1 saturated carbocycles. The number of nitrogens with one attached hydrogen (secondary N) is 1. The summed E-state index contributed by atoms with van der Waals surface area (Å²) in [6.45, 7) is 2.80. The fourth-order valence-electron chi connectivity index (χ4n) is 2.18. The molecule has 0 aromatic carbocycles. The molecular weight excluding hydrogens is 190 g/mol. The van der Waals surface area contributed by atoms with Gasteiger partial charge in [0.1, 0.15) is 0 Å². The van der Waals surface area contributed by atoms with Crippen molar-refractivity contribution in [3.63, 3.8) is 0 Å². The molecule has 3 nitrogen and oxygen atoms in total. The van der Waals surface area contributed by atoms with Crippen LogP contribution in [0.4, 0.5) is 0 Å². The third-order valence-corrected chi connectivity index (χ3v) is 3.29. The fourth-order valence-corrected chi connectivity index (χ4v) is 2.18. The van der Waals surface area contributed by atoms with E-state index in [-0.39, 0.29) is 11.9 Å². The maximum atomic E-state index is 11.4. The summed E-state index contributed by atoms with van der Waals surface area (Å²) in [5.74, 6) is -0.0577. The summed E-state index contributed by atoms with van der Waals surface area (Å²) < 4.78 is 4.76. The van der Waals surface area contributed by atoms with Crippen LogP contribution >= 0.6 is 0 Å². The van der Waals surface area contributed by atoms with Gasteiger partial charge < -0.3 is 10.1 Å². The van der Waals surface area contributed by atoms with E-state index in [1.807, 2.05) is 6.92 Å². The van der Waals surface area contributed by atoms with Crippen molar-refractivity contribution in [2.75, 3.05) is 13.7 Å². The number of ether oxygens (including phenoxy) is 1. The molecule has 3 heteroatoms. The minimum atomic E-state index is -0.0826. The van der Waals surface area contributed by atoms with Gasteiger partial charge in [-0.25, -0.2) is 0 Å². The van der Waals surface area contributed by atoms with Crippen molar-refractivity contribution >= 4 is 5.97 Å². The molecule has 1 N–H and O–H groups in total. The molecule has 0 aliphatic heterocycles. The average Bonchev–Trinajstić information content (AvgIpc) is 2.31. The Labute approximate surface area is 92.6 Å². The lowest BCUT2D eigenvalue weighted by molar-refractivity contribution is -0.145. The topological polar surface area (TPSA) is 38.3 Å². The van der Waals surface area contributed by atoms with Crippen LogP contribution in [0.2, 0.25) is 0 Å². The molecule has 1 unspecified atom stereocenters. The Morgan fingerprint density at radius 1 is 1.40 bits per heavy atom. The molecule has 0 aromatic rings. The van der Waals surface area contributed by atoms with E-state index in [0.717, 1.165) is 13.0 Å². The highest BCUT2D eigenvalue weighted by atomic mass is 16.5. The average molecular weight is 213 g/mol. The maximum Gasteiger partial charge on any atom is 0.309 e. The van der Waals surface area contributed by atoms with Crippen LogP contribution in [-0.2, 0) is 9.53 Å². The Bertz CT molecular complexity index is 188. The third-order valence-electron chi connectivity index (χ3n) is 3.29. The minimum absolute atomic E-state index is 0.0249. The third kappa shape index (κ3) is 4.20. The molecular formula is C12H23NO2. The van der Waals surface area contributed by atoms with Crippen LogP contribution in [0.25, 0.3) is 0 Å². The van der Waals surface area contributed by atoms with Gasteiger partial charge in [0.25, 0.3) is 0 Å². The summed E-state index contributed by atoms with van der Waals surface area (Å²) in [5, 5.41) is 3.49. The summed E-state index contributed by atoms with van der Waals surface area (Å²) in [4.78, 5) is 11.4. The summed E-state index contributed by atoms with van der Waals surface area (Å²) in [6.07, 6.45) is 7.40. The molecule has 0 spiro atoms. The smallest absolute Gasteiger partial charge is 0.309 e. The number of carbonyl (C=O) groups excluding carboxylic acids is 1. The van der Waals surface area contributed by atoms with E-state index in [2.05, 4.69) is 5.32 Å². The highest BCUT2D eigenvalue weighted by Gasteiger charge is 2.19. The van der Waals surface area contributed by atoms with Gasteiger partial charge in [-0.2, -0.15) is 0 Å². The second kappa shape index (κ2) is 6.83. The normalized spacial score (nSPS) is 19.9. The van der Waals surface area contributed by atoms with E-state index < -0.39 is 0 Å². The van der Waals surface area contributed by atoms with Crippen LogP contribution in [0, 0.1) is 5.92 Å². The molecule has 1 aliphatic rings. The molecule has 0 heterocycles. The zero-order chi connectivity index (χ0) is 11.1. The number of rotatable bonds is 5. The number of carbonyl (C=O) groups is 1. The molecule has 0 radical (unpaired) electrons. The summed E-state index contributed by atoms with van der Waals surface area (Å²) in [5.41, 5.74) is 0. The number of methoxy groups -OCH3 is 1. The molecule has 0 amide bonds. The van der Waals surface area contributed by atoms with Gasteiger partial charge in [0, 0.05) is 12.6 Å². The lowest BCUT2D eigenvalue weighted by atomic mass is 9.95. The van der Waals surface area contributed by atoms with E-state index in [4.69, 9.17) is 4.74 Å². The first kappa shape index (κ1) is 12.5. The predicted octanol–water partition coefficient (Wildman–Crippen LogP) is 2.11. The summed E-state index contributed by atoms with van der Waals surface area (Å²) in [7, 11) is 1.46. The van der Waals surface area contributed by atoms with Crippen molar-refractivity contribution in [2.45, 2.75) is 51.5 Å².